The number of carbonyl (C=O) groups is 1. The molecule has 0 aliphatic heterocycles. The molecule has 18 heavy (non-hydrogen) atoms. The molecule has 0 aliphatic carbocycles. The van der Waals surface area contributed by atoms with Crippen molar-refractivity contribution in [3.8, 4) is 0 Å². The second-order valence-corrected chi connectivity index (χ2v) is 5.14. The Morgan fingerprint density at radius 3 is 2.44 bits per heavy atom. The van der Waals surface area contributed by atoms with E-state index in [1.807, 2.05) is 24.3 Å². The molecule has 1 amide bonds. The van der Waals surface area contributed by atoms with Crippen LogP contribution in [0.15, 0.2) is 24.3 Å². The van der Waals surface area contributed by atoms with Crippen molar-refractivity contribution in [3.63, 3.8) is 0 Å². The third kappa shape index (κ3) is 5.21. The zero-order valence-electron chi connectivity index (χ0n) is 11.6. The molecule has 0 spiro atoms. The topological polar surface area (TPSA) is 55.1 Å². The summed E-state index contributed by atoms with van der Waals surface area (Å²) < 4.78 is 0. The van der Waals surface area contributed by atoms with E-state index in [4.69, 9.17) is 5.73 Å². The molecule has 0 aromatic heterocycles. The van der Waals surface area contributed by atoms with Gasteiger partial charge in [-0.1, -0.05) is 32.4 Å². The molecule has 0 heterocycles. The molecule has 2 unspecified atom stereocenters. The van der Waals surface area contributed by atoms with Gasteiger partial charge >= 0.3 is 0 Å². The van der Waals surface area contributed by atoms with Crippen molar-refractivity contribution in [2.24, 2.45) is 5.92 Å². The molecule has 0 saturated heterocycles. The van der Waals surface area contributed by atoms with E-state index >= 15 is 0 Å². The lowest BCUT2D eigenvalue weighted by Crippen LogP contribution is -2.34. The number of benzene rings is 1. The van der Waals surface area contributed by atoms with Crippen LogP contribution in [0.2, 0.25) is 0 Å². The lowest BCUT2D eigenvalue weighted by molar-refractivity contribution is -0.121. The Morgan fingerprint density at radius 1 is 1.28 bits per heavy atom. The summed E-state index contributed by atoms with van der Waals surface area (Å²) in [5, 5.41) is 3.04. The van der Waals surface area contributed by atoms with Crippen LogP contribution in [0.25, 0.3) is 0 Å². The quantitative estimate of drug-likeness (QED) is 0.761. The molecule has 0 aliphatic rings. The Hall–Kier alpha value is -1.51. The smallest absolute Gasteiger partial charge is 0.224 e. The Labute approximate surface area is 110 Å². The highest BCUT2D eigenvalue weighted by Gasteiger charge is 2.10. The Balaban J connectivity index is 2.39. The number of nitrogen functional groups attached to an aromatic ring is 1. The molecule has 0 fully saturated rings. The normalized spacial score (nSPS) is 13.9. The fourth-order valence-electron chi connectivity index (χ4n) is 1.98. The van der Waals surface area contributed by atoms with Gasteiger partial charge in [-0.05, 0) is 37.0 Å². The maximum atomic E-state index is 11.8. The number of amides is 1. The average molecular weight is 248 g/mol. The second kappa shape index (κ2) is 7.04. The van der Waals surface area contributed by atoms with Crippen LogP contribution in [-0.4, -0.2) is 11.9 Å². The molecule has 0 radical (unpaired) electrons. The van der Waals surface area contributed by atoms with Crippen molar-refractivity contribution in [2.45, 2.75) is 46.1 Å². The lowest BCUT2D eigenvalue weighted by Gasteiger charge is -2.17. The molecule has 1 aromatic rings. The summed E-state index contributed by atoms with van der Waals surface area (Å²) in [6.45, 7) is 6.45. The SMILES string of the molecule is CCC(C)CC(C)NC(=O)Cc1ccc(N)cc1. The number of hydrogen-bond donors (Lipinski definition) is 2. The molecule has 1 aromatic carbocycles. The molecule has 2 atom stereocenters. The van der Waals surface area contributed by atoms with Gasteiger partial charge in [0.05, 0.1) is 6.42 Å². The van der Waals surface area contributed by atoms with Crippen LogP contribution in [0.5, 0.6) is 0 Å². The van der Waals surface area contributed by atoms with Crippen molar-refractivity contribution in [1.29, 1.82) is 0 Å². The maximum Gasteiger partial charge on any atom is 0.224 e. The van der Waals surface area contributed by atoms with Crippen LogP contribution >= 0.6 is 0 Å². The molecule has 100 valence electrons. The average Bonchev–Trinajstić information content (AvgIpc) is 2.31. The van der Waals surface area contributed by atoms with Crippen LogP contribution in [0.4, 0.5) is 5.69 Å². The summed E-state index contributed by atoms with van der Waals surface area (Å²) in [6, 6.07) is 7.68. The van der Waals surface area contributed by atoms with Crippen LogP contribution in [-0.2, 0) is 11.2 Å². The molecule has 1 rings (SSSR count). The van der Waals surface area contributed by atoms with E-state index in [-0.39, 0.29) is 11.9 Å². The molecule has 3 nitrogen and oxygen atoms in total. The fourth-order valence-corrected chi connectivity index (χ4v) is 1.98. The third-order valence-corrected chi connectivity index (χ3v) is 3.20. The first-order valence-electron chi connectivity index (χ1n) is 6.65. The first-order valence-corrected chi connectivity index (χ1v) is 6.65. The summed E-state index contributed by atoms with van der Waals surface area (Å²) >= 11 is 0. The number of hydrogen-bond acceptors (Lipinski definition) is 2. The van der Waals surface area contributed by atoms with Gasteiger partial charge in [-0.2, -0.15) is 0 Å². The molecular weight excluding hydrogens is 224 g/mol. The minimum absolute atomic E-state index is 0.0792. The monoisotopic (exact) mass is 248 g/mol. The van der Waals surface area contributed by atoms with Gasteiger partial charge in [0.25, 0.3) is 0 Å². The van der Waals surface area contributed by atoms with Crippen molar-refractivity contribution >= 4 is 11.6 Å². The van der Waals surface area contributed by atoms with Gasteiger partial charge in [0.1, 0.15) is 0 Å². The summed E-state index contributed by atoms with van der Waals surface area (Å²) in [5.41, 5.74) is 7.33. The Morgan fingerprint density at radius 2 is 1.89 bits per heavy atom. The van der Waals surface area contributed by atoms with Gasteiger partial charge in [-0.15, -0.1) is 0 Å². The van der Waals surface area contributed by atoms with Gasteiger partial charge in [-0.3, -0.25) is 4.79 Å². The van der Waals surface area contributed by atoms with Crippen LogP contribution in [0.3, 0.4) is 0 Å². The van der Waals surface area contributed by atoms with Crippen LogP contribution < -0.4 is 11.1 Å². The van der Waals surface area contributed by atoms with Crippen molar-refractivity contribution < 1.29 is 4.79 Å². The number of nitrogens with one attached hydrogen (secondary N) is 1. The molecule has 0 bridgehead atoms. The zero-order valence-corrected chi connectivity index (χ0v) is 11.6. The molecular formula is C15H24N2O. The number of carbonyl (C=O) groups excluding carboxylic acids is 1. The van der Waals surface area contributed by atoms with Gasteiger partial charge in [0.2, 0.25) is 5.91 Å². The van der Waals surface area contributed by atoms with E-state index in [2.05, 4.69) is 26.1 Å². The van der Waals surface area contributed by atoms with Crippen molar-refractivity contribution in [1.82, 2.24) is 5.32 Å². The van der Waals surface area contributed by atoms with E-state index in [9.17, 15) is 4.79 Å². The number of anilines is 1. The highest BCUT2D eigenvalue weighted by atomic mass is 16.1. The second-order valence-electron chi connectivity index (χ2n) is 5.14. The fraction of sp³-hybridized carbons (Fsp3) is 0.533. The van der Waals surface area contributed by atoms with E-state index in [0.717, 1.165) is 24.1 Å². The largest absolute Gasteiger partial charge is 0.399 e. The van der Waals surface area contributed by atoms with E-state index in [1.54, 1.807) is 0 Å². The van der Waals surface area contributed by atoms with Crippen molar-refractivity contribution in [2.75, 3.05) is 5.73 Å². The van der Waals surface area contributed by atoms with Gasteiger partial charge in [0.15, 0.2) is 0 Å². The van der Waals surface area contributed by atoms with Gasteiger partial charge < -0.3 is 11.1 Å². The van der Waals surface area contributed by atoms with Gasteiger partial charge in [0, 0.05) is 11.7 Å². The number of rotatable bonds is 6. The zero-order chi connectivity index (χ0) is 13.5. The number of nitrogens with two attached hydrogens (primary N) is 1. The Bertz CT molecular complexity index is 373. The Kier molecular flexibility index (Phi) is 5.69. The highest BCUT2D eigenvalue weighted by Crippen LogP contribution is 2.10. The minimum Gasteiger partial charge on any atom is -0.399 e. The third-order valence-electron chi connectivity index (χ3n) is 3.20. The standard InChI is InChI=1S/C15H24N2O/c1-4-11(2)9-12(3)17-15(18)10-13-5-7-14(16)8-6-13/h5-8,11-12H,4,9-10,16H2,1-3H3,(H,17,18). The predicted octanol–water partition coefficient (Wildman–Crippen LogP) is 2.75. The minimum atomic E-state index is 0.0792. The van der Waals surface area contributed by atoms with Gasteiger partial charge in [-0.25, -0.2) is 0 Å². The van der Waals surface area contributed by atoms with Crippen LogP contribution in [0.1, 0.15) is 39.2 Å². The highest BCUT2D eigenvalue weighted by molar-refractivity contribution is 5.78. The summed E-state index contributed by atoms with van der Waals surface area (Å²) in [5.74, 6) is 0.729. The maximum absolute atomic E-state index is 11.8. The lowest BCUT2D eigenvalue weighted by atomic mass is 10.00. The molecule has 3 N–H and O–H groups in total. The summed E-state index contributed by atoms with van der Waals surface area (Å²) in [6.07, 6.45) is 2.60. The van der Waals surface area contributed by atoms with Crippen LogP contribution in [0, 0.1) is 5.92 Å². The summed E-state index contributed by atoms with van der Waals surface area (Å²) in [4.78, 5) is 11.8. The molecule has 3 heteroatoms. The molecule has 0 saturated carbocycles. The predicted molar refractivity (Wildman–Crippen MR) is 76.2 cm³/mol. The van der Waals surface area contributed by atoms with Crippen molar-refractivity contribution in [3.05, 3.63) is 29.8 Å². The van der Waals surface area contributed by atoms with E-state index in [1.165, 1.54) is 0 Å². The first-order chi connectivity index (χ1) is 8.51. The summed E-state index contributed by atoms with van der Waals surface area (Å²) in [7, 11) is 0. The van der Waals surface area contributed by atoms with E-state index < -0.39 is 0 Å². The van der Waals surface area contributed by atoms with E-state index in [0.29, 0.717) is 12.3 Å². The first kappa shape index (κ1) is 14.6.